The number of rotatable bonds is 7. The lowest BCUT2D eigenvalue weighted by Gasteiger charge is -2.39. The molecule has 1 heterocycles. The average molecular weight is 461 g/mol. The molecule has 4 nitrogen and oxygen atoms in total. The number of halogens is 4. The molecule has 1 aliphatic rings. The van der Waals surface area contributed by atoms with Crippen molar-refractivity contribution in [2.24, 2.45) is 11.3 Å². The highest BCUT2D eigenvalue weighted by molar-refractivity contribution is 6.30. The van der Waals surface area contributed by atoms with E-state index >= 15 is 0 Å². The summed E-state index contributed by atoms with van der Waals surface area (Å²) in [7, 11) is 0. The van der Waals surface area contributed by atoms with Crippen LogP contribution in [0.5, 0.6) is 0 Å². The number of amides is 2. The lowest BCUT2D eigenvalue weighted by Crippen LogP contribution is -2.56. The SMILES string of the molecule is CCC(C)(C)[C@@H](NC(=O)CC(C)C(F)(F)F)C(=O)N1CCC(c2ccc(Cl)cc2)CC1. The maximum Gasteiger partial charge on any atom is 0.392 e. The highest BCUT2D eigenvalue weighted by atomic mass is 35.5. The Morgan fingerprint density at radius 1 is 1.16 bits per heavy atom. The van der Waals surface area contributed by atoms with Gasteiger partial charge in [-0.2, -0.15) is 13.2 Å². The first-order valence-corrected chi connectivity index (χ1v) is 11.1. The van der Waals surface area contributed by atoms with E-state index in [9.17, 15) is 22.8 Å². The third kappa shape index (κ3) is 6.86. The predicted octanol–water partition coefficient (Wildman–Crippen LogP) is 5.56. The Morgan fingerprint density at radius 3 is 2.19 bits per heavy atom. The third-order valence-corrected chi connectivity index (χ3v) is 6.70. The molecule has 0 bridgehead atoms. The van der Waals surface area contributed by atoms with Crippen LogP contribution in [0.15, 0.2) is 24.3 Å². The first-order valence-electron chi connectivity index (χ1n) is 10.8. The molecular formula is C23H32ClF3N2O2. The summed E-state index contributed by atoms with van der Waals surface area (Å²) < 4.78 is 38.5. The van der Waals surface area contributed by atoms with Gasteiger partial charge in [0.1, 0.15) is 6.04 Å². The van der Waals surface area contributed by atoms with Gasteiger partial charge in [-0.05, 0) is 48.3 Å². The molecule has 0 saturated carbocycles. The van der Waals surface area contributed by atoms with Gasteiger partial charge in [-0.1, -0.05) is 51.4 Å². The molecule has 1 unspecified atom stereocenters. The van der Waals surface area contributed by atoms with E-state index in [2.05, 4.69) is 5.32 Å². The van der Waals surface area contributed by atoms with Crippen LogP contribution in [0, 0.1) is 11.3 Å². The minimum atomic E-state index is -4.44. The van der Waals surface area contributed by atoms with Gasteiger partial charge in [0.2, 0.25) is 11.8 Å². The number of carbonyl (C=O) groups excluding carboxylic acids is 2. The second kappa shape index (κ2) is 10.2. The number of alkyl halides is 3. The second-order valence-electron chi connectivity index (χ2n) is 9.14. The van der Waals surface area contributed by atoms with E-state index in [1.165, 1.54) is 5.56 Å². The average Bonchev–Trinajstić information content (AvgIpc) is 2.71. The molecule has 1 aromatic carbocycles. The Labute approximate surface area is 187 Å². The maximum absolute atomic E-state index is 13.3. The Morgan fingerprint density at radius 2 is 1.71 bits per heavy atom. The van der Waals surface area contributed by atoms with Gasteiger partial charge in [0.25, 0.3) is 0 Å². The zero-order valence-corrected chi connectivity index (χ0v) is 19.3. The van der Waals surface area contributed by atoms with Crippen LogP contribution in [-0.2, 0) is 9.59 Å². The number of carbonyl (C=O) groups is 2. The summed E-state index contributed by atoms with van der Waals surface area (Å²) in [6.45, 7) is 7.65. The number of nitrogens with one attached hydrogen (secondary N) is 1. The van der Waals surface area contributed by atoms with Crippen LogP contribution in [0.4, 0.5) is 13.2 Å². The summed E-state index contributed by atoms with van der Waals surface area (Å²) in [4.78, 5) is 27.3. The first-order chi connectivity index (χ1) is 14.3. The van der Waals surface area contributed by atoms with Gasteiger partial charge in [-0.25, -0.2) is 0 Å². The summed E-state index contributed by atoms with van der Waals surface area (Å²) in [5.74, 6) is -2.42. The number of benzene rings is 1. The molecule has 0 aliphatic carbocycles. The first kappa shape index (κ1) is 25.5. The predicted molar refractivity (Wildman–Crippen MR) is 116 cm³/mol. The minimum Gasteiger partial charge on any atom is -0.344 e. The van der Waals surface area contributed by atoms with E-state index in [1.54, 1.807) is 4.90 Å². The standard InChI is InChI=1S/C23H32ClF3N2O2/c1-5-22(3,4)20(28-19(30)14-15(2)23(25,26)27)21(31)29-12-10-17(11-13-29)16-6-8-18(24)9-7-16/h6-9,15,17,20H,5,10-14H2,1-4H3,(H,28,30)/t15?,20-/m0/s1. The molecule has 1 aliphatic heterocycles. The molecule has 1 N–H and O–H groups in total. The van der Waals surface area contributed by atoms with Gasteiger partial charge >= 0.3 is 6.18 Å². The summed E-state index contributed by atoms with van der Waals surface area (Å²) in [6.07, 6.45) is -2.97. The Bertz CT molecular complexity index is 757. The van der Waals surface area contributed by atoms with Crippen molar-refractivity contribution < 1.29 is 22.8 Å². The molecule has 1 fully saturated rings. The van der Waals surface area contributed by atoms with Crippen molar-refractivity contribution >= 4 is 23.4 Å². The van der Waals surface area contributed by atoms with Gasteiger partial charge < -0.3 is 10.2 Å². The topological polar surface area (TPSA) is 49.4 Å². The molecule has 2 amide bonds. The monoisotopic (exact) mass is 460 g/mol. The Kier molecular flexibility index (Phi) is 8.42. The zero-order chi connectivity index (χ0) is 23.4. The number of nitrogens with zero attached hydrogens (tertiary/aromatic N) is 1. The summed E-state index contributed by atoms with van der Waals surface area (Å²) >= 11 is 5.95. The van der Waals surface area contributed by atoms with Crippen molar-refractivity contribution in [3.05, 3.63) is 34.9 Å². The molecule has 2 rings (SSSR count). The number of hydrogen-bond acceptors (Lipinski definition) is 2. The van der Waals surface area contributed by atoms with E-state index in [-0.39, 0.29) is 5.91 Å². The molecule has 2 atom stereocenters. The van der Waals surface area contributed by atoms with Crippen molar-refractivity contribution in [1.29, 1.82) is 0 Å². The van der Waals surface area contributed by atoms with Crippen LogP contribution in [0.2, 0.25) is 5.02 Å². The largest absolute Gasteiger partial charge is 0.392 e. The summed E-state index contributed by atoms with van der Waals surface area (Å²) in [5, 5.41) is 3.29. The smallest absolute Gasteiger partial charge is 0.344 e. The molecule has 0 spiro atoms. The van der Waals surface area contributed by atoms with Gasteiger partial charge in [-0.3, -0.25) is 9.59 Å². The van der Waals surface area contributed by atoms with Crippen molar-refractivity contribution in [3.63, 3.8) is 0 Å². The van der Waals surface area contributed by atoms with Crippen molar-refractivity contribution in [2.75, 3.05) is 13.1 Å². The van der Waals surface area contributed by atoms with Crippen molar-refractivity contribution in [1.82, 2.24) is 10.2 Å². The number of likely N-dealkylation sites (tertiary alicyclic amines) is 1. The summed E-state index contributed by atoms with van der Waals surface area (Å²) in [6, 6.07) is 6.83. The van der Waals surface area contributed by atoms with E-state index < -0.39 is 35.9 Å². The van der Waals surface area contributed by atoms with Crippen molar-refractivity contribution in [2.45, 2.75) is 71.5 Å². The van der Waals surface area contributed by atoms with Crippen LogP contribution in [0.3, 0.4) is 0 Å². The second-order valence-corrected chi connectivity index (χ2v) is 9.58. The van der Waals surface area contributed by atoms with E-state index in [4.69, 9.17) is 11.6 Å². The number of hydrogen-bond donors (Lipinski definition) is 1. The van der Waals surface area contributed by atoms with Crippen LogP contribution in [-0.4, -0.2) is 42.0 Å². The molecule has 1 aromatic rings. The molecule has 0 radical (unpaired) electrons. The Balaban J connectivity index is 2.05. The maximum atomic E-state index is 13.3. The van der Waals surface area contributed by atoms with E-state index in [0.29, 0.717) is 30.5 Å². The fourth-order valence-electron chi connectivity index (χ4n) is 3.76. The van der Waals surface area contributed by atoms with Gasteiger partial charge in [0.15, 0.2) is 0 Å². The normalized spacial score (nSPS) is 17.9. The van der Waals surface area contributed by atoms with Crippen LogP contribution >= 0.6 is 11.6 Å². The van der Waals surface area contributed by atoms with Gasteiger partial charge in [0, 0.05) is 24.5 Å². The molecule has 0 aromatic heterocycles. The zero-order valence-electron chi connectivity index (χ0n) is 18.6. The lowest BCUT2D eigenvalue weighted by atomic mass is 9.80. The molecular weight excluding hydrogens is 429 g/mol. The molecule has 1 saturated heterocycles. The van der Waals surface area contributed by atoms with Gasteiger partial charge in [-0.15, -0.1) is 0 Å². The molecule has 8 heteroatoms. The number of piperidine rings is 1. The van der Waals surface area contributed by atoms with Crippen molar-refractivity contribution in [3.8, 4) is 0 Å². The van der Waals surface area contributed by atoms with E-state index in [0.717, 1.165) is 19.8 Å². The fourth-order valence-corrected chi connectivity index (χ4v) is 3.89. The fraction of sp³-hybridized carbons (Fsp3) is 0.652. The van der Waals surface area contributed by atoms with Gasteiger partial charge in [0.05, 0.1) is 5.92 Å². The highest BCUT2D eigenvalue weighted by Gasteiger charge is 2.41. The van der Waals surface area contributed by atoms with Crippen LogP contribution in [0.1, 0.15) is 64.9 Å². The molecule has 31 heavy (non-hydrogen) atoms. The molecule has 174 valence electrons. The van der Waals surface area contributed by atoms with E-state index in [1.807, 2.05) is 45.0 Å². The lowest BCUT2D eigenvalue weighted by molar-refractivity contribution is -0.174. The van der Waals surface area contributed by atoms with Crippen LogP contribution in [0.25, 0.3) is 0 Å². The summed E-state index contributed by atoms with van der Waals surface area (Å²) in [5.41, 5.74) is 0.595. The Hall–Kier alpha value is -1.76. The van der Waals surface area contributed by atoms with Crippen LogP contribution < -0.4 is 5.32 Å². The third-order valence-electron chi connectivity index (χ3n) is 6.44. The quantitative estimate of drug-likeness (QED) is 0.579. The highest BCUT2D eigenvalue weighted by Crippen LogP contribution is 2.32. The minimum absolute atomic E-state index is 0.227.